The number of alkyl halides is 6. The normalized spacial score (nSPS) is 20.9. The Morgan fingerprint density at radius 3 is 2.09 bits per heavy atom. The Kier molecular flexibility index (Phi) is 10.1. The molecule has 3 heterocycles. The van der Waals surface area contributed by atoms with Gasteiger partial charge in [-0.25, -0.2) is 9.97 Å². The van der Waals surface area contributed by atoms with E-state index in [4.69, 9.17) is 16.3 Å². The summed E-state index contributed by atoms with van der Waals surface area (Å²) >= 11 is 8.67. The van der Waals surface area contributed by atoms with Crippen molar-refractivity contribution in [2.24, 2.45) is 0 Å². The van der Waals surface area contributed by atoms with Crippen LogP contribution >= 0.6 is 34.7 Å². The van der Waals surface area contributed by atoms with Gasteiger partial charge >= 0.3 is 31.3 Å². The molecular weight excluding hydrogens is 744 g/mol. The van der Waals surface area contributed by atoms with Crippen molar-refractivity contribution in [2.75, 3.05) is 0 Å². The van der Waals surface area contributed by atoms with Gasteiger partial charge in [0.15, 0.2) is 12.3 Å². The molecule has 0 bridgehead atoms. The van der Waals surface area contributed by atoms with E-state index in [1.165, 1.54) is 60.5 Å². The number of hydrogen-bond donors (Lipinski definition) is 0. The molecule has 21 heteroatoms. The number of aromatic nitrogens is 3. The molecule has 0 unspecified atom stereocenters. The summed E-state index contributed by atoms with van der Waals surface area (Å²) in [5.41, 5.74) is -10.2. The van der Waals surface area contributed by atoms with Crippen molar-refractivity contribution in [2.45, 2.75) is 53.1 Å². The van der Waals surface area contributed by atoms with Crippen molar-refractivity contribution in [1.29, 1.82) is 0 Å². The zero-order valence-corrected chi connectivity index (χ0v) is 27.4. The van der Waals surface area contributed by atoms with Crippen LogP contribution in [0.2, 0.25) is 5.02 Å². The Morgan fingerprint density at radius 1 is 0.936 bits per heavy atom. The predicted molar refractivity (Wildman–Crippen MR) is 158 cm³/mol. The maximum absolute atomic E-state index is 13.4. The van der Waals surface area contributed by atoms with E-state index in [1.807, 2.05) is 17.5 Å². The summed E-state index contributed by atoms with van der Waals surface area (Å²) in [6.45, 7) is 1.45. The molecule has 1 aliphatic heterocycles. The standard InChI is InChI=1S/C26H20ClF6N3O7S4/c1-14-10-36(13-34-14)24-22(43-47(39,40)26(31,32)33)21(42-46(37,38)25(28,29)30)20(41-24)15-4-8-19(9-5-15)44-11-18-12-45-23(35-18)16-2-6-17(27)7-3-16/h2-10,12-13,20-22,24H,11H2,1H3/t20-,21-,22-,24+/m0/s1. The van der Waals surface area contributed by atoms with Crippen molar-refractivity contribution < 1.29 is 56.3 Å². The lowest BCUT2D eigenvalue weighted by Crippen LogP contribution is -2.42. The third-order valence-electron chi connectivity index (χ3n) is 6.49. The molecule has 10 nitrogen and oxygen atoms in total. The molecule has 0 aliphatic carbocycles. The van der Waals surface area contributed by atoms with Crippen molar-refractivity contribution >= 4 is 54.9 Å². The lowest BCUT2D eigenvalue weighted by Gasteiger charge is -2.25. The second-order valence-electron chi connectivity index (χ2n) is 9.84. The largest absolute Gasteiger partial charge is 0.523 e. The summed E-state index contributed by atoms with van der Waals surface area (Å²) in [5, 5.41) is 3.19. The van der Waals surface area contributed by atoms with Gasteiger partial charge in [0.25, 0.3) is 0 Å². The second-order valence-corrected chi connectivity index (χ2v) is 15.3. The number of thioether (sulfide) groups is 1. The number of rotatable bonds is 10. The molecule has 4 aromatic rings. The first-order chi connectivity index (χ1) is 21.8. The van der Waals surface area contributed by atoms with Gasteiger partial charge in [-0.05, 0) is 36.8 Å². The number of aryl methyl sites for hydroxylation is 1. The molecule has 1 fully saturated rings. The van der Waals surface area contributed by atoms with Crippen molar-refractivity contribution in [3.63, 3.8) is 0 Å². The highest BCUT2D eigenvalue weighted by Crippen LogP contribution is 2.46. The molecule has 0 saturated carbocycles. The fourth-order valence-electron chi connectivity index (χ4n) is 4.35. The Morgan fingerprint density at radius 2 is 1.53 bits per heavy atom. The molecule has 4 atom stereocenters. The van der Waals surface area contributed by atoms with E-state index >= 15 is 0 Å². The van der Waals surface area contributed by atoms with Crippen molar-refractivity contribution in [3.8, 4) is 10.6 Å². The van der Waals surface area contributed by atoms with Crippen LogP contribution in [0.25, 0.3) is 10.6 Å². The summed E-state index contributed by atoms with van der Waals surface area (Å²) in [7, 11) is -13.0. The number of thiazole rings is 1. The monoisotopic (exact) mass is 763 g/mol. The molecular formula is C26H20ClF6N3O7S4. The lowest BCUT2D eigenvalue weighted by atomic mass is 10.0. The number of hydrogen-bond acceptors (Lipinski definition) is 11. The minimum atomic E-state index is -6.49. The molecule has 0 radical (unpaired) electrons. The van der Waals surface area contributed by atoms with Crippen LogP contribution in [0.1, 0.15) is 29.3 Å². The van der Waals surface area contributed by atoms with E-state index < -0.39 is 55.8 Å². The number of imidazole rings is 1. The van der Waals surface area contributed by atoms with Crippen LogP contribution in [-0.4, -0.2) is 54.6 Å². The highest BCUT2D eigenvalue weighted by atomic mass is 35.5. The Bertz CT molecular complexity index is 1930. The minimum Gasteiger partial charge on any atom is -0.344 e. The number of benzene rings is 2. The van der Waals surface area contributed by atoms with Crippen LogP contribution in [-0.2, 0) is 39.1 Å². The summed E-state index contributed by atoms with van der Waals surface area (Å²) in [6.07, 6.45) is -6.72. The van der Waals surface area contributed by atoms with Gasteiger partial charge in [-0.15, -0.1) is 23.1 Å². The first-order valence-electron chi connectivity index (χ1n) is 12.9. The molecule has 0 spiro atoms. The van der Waals surface area contributed by atoms with Gasteiger partial charge in [0.05, 0.1) is 17.7 Å². The van der Waals surface area contributed by atoms with Crippen LogP contribution in [0.5, 0.6) is 0 Å². The highest BCUT2D eigenvalue weighted by molar-refractivity contribution is 7.98. The number of ether oxygens (including phenoxy) is 1. The average molecular weight is 764 g/mol. The van der Waals surface area contributed by atoms with Gasteiger partial charge in [-0.1, -0.05) is 35.9 Å². The lowest BCUT2D eigenvalue weighted by molar-refractivity contribution is -0.0721. The SMILES string of the molecule is Cc1cn([C@@H]2O[C@@H](c3ccc(SCc4csc(-c5ccc(Cl)cc5)n4)cc3)[C@H](OS(=O)(=O)C(F)(F)F)[C@@H]2OS(=O)(=O)C(F)(F)F)cn1. The quantitative estimate of drug-likeness (QED) is 0.0722. The maximum atomic E-state index is 13.4. The first-order valence-corrected chi connectivity index (χ1v) is 18.0. The summed E-state index contributed by atoms with van der Waals surface area (Å²) < 4.78 is 143. The average Bonchev–Trinajstić information content (AvgIpc) is 3.71. The second kappa shape index (κ2) is 13.3. The Labute approximate surface area is 276 Å². The fraction of sp³-hybridized carbons (Fsp3) is 0.308. The van der Waals surface area contributed by atoms with E-state index in [2.05, 4.69) is 18.3 Å². The Hall–Kier alpha value is -2.72. The number of nitrogens with zero attached hydrogens (tertiary/aromatic N) is 3. The van der Waals surface area contributed by atoms with Gasteiger partial charge in [-0.3, -0.25) is 8.37 Å². The van der Waals surface area contributed by atoms with Crippen LogP contribution in [0, 0.1) is 6.92 Å². The maximum Gasteiger partial charge on any atom is 0.523 e. The summed E-state index contributed by atoms with van der Waals surface area (Å²) in [6, 6.07) is 12.8. The third-order valence-corrected chi connectivity index (χ3v) is 10.8. The van der Waals surface area contributed by atoms with Crippen LogP contribution in [0.3, 0.4) is 0 Å². The first kappa shape index (κ1) is 35.6. The number of halogens is 7. The highest BCUT2D eigenvalue weighted by Gasteiger charge is 2.59. The molecule has 2 aromatic carbocycles. The zero-order valence-electron chi connectivity index (χ0n) is 23.3. The van der Waals surface area contributed by atoms with Crippen LogP contribution < -0.4 is 0 Å². The smallest absolute Gasteiger partial charge is 0.344 e. The zero-order chi connectivity index (χ0) is 34.4. The van der Waals surface area contributed by atoms with E-state index in [0.717, 1.165) is 27.2 Å². The van der Waals surface area contributed by atoms with E-state index in [0.29, 0.717) is 15.7 Å². The van der Waals surface area contributed by atoms with E-state index in [1.54, 1.807) is 12.1 Å². The summed E-state index contributed by atoms with van der Waals surface area (Å²) in [4.78, 5) is 9.07. The van der Waals surface area contributed by atoms with Gasteiger partial charge in [0.2, 0.25) is 0 Å². The molecule has 0 N–H and O–H groups in total. The topological polar surface area (TPSA) is 127 Å². The summed E-state index contributed by atoms with van der Waals surface area (Å²) in [5.74, 6) is 0.409. The molecule has 1 aliphatic rings. The molecule has 5 rings (SSSR count). The minimum absolute atomic E-state index is 0.0484. The van der Waals surface area contributed by atoms with E-state index in [9.17, 15) is 43.2 Å². The predicted octanol–water partition coefficient (Wildman–Crippen LogP) is 7.00. The molecule has 254 valence electrons. The fourth-order valence-corrected chi connectivity index (χ4v) is 7.41. The van der Waals surface area contributed by atoms with Gasteiger partial charge < -0.3 is 9.30 Å². The van der Waals surface area contributed by atoms with E-state index in [-0.39, 0.29) is 11.3 Å². The molecule has 2 aromatic heterocycles. The van der Waals surface area contributed by atoms with Crippen LogP contribution in [0.4, 0.5) is 26.3 Å². The molecule has 0 amide bonds. The van der Waals surface area contributed by atoms with Crippen molar-refractivity contribution in [3.05, 3.63) is 88.4 Å². The van der Waals surface area contributed by atoms with Crippen molar-refractivity contribution in [1.82, 2.24) is 14.5 Å². The van der Waals surface area contributed by atoms with Gasteiger partial charge in [0.1, 0.15) is 17.2 Å². The van der Waals surface area contributed by atoms with Gasteiger partial charge in [-0.2, -0.15) is 43.2 Å². The van der Waals surface area contributed by atoms with Crippen LogP contribution in [0.15, 0.2) is 71.3 Å². The van der Waals surface area contributed by atoms with Gasteiger partial charge in [0, 0.05) is 32.8 Å². The molecule has 1 saturated heterocycles. The third kappa shape index (κ3) is 7.96. The molecule has 47 heavy (non-hydrogen) atoms. The Balaban J connectivity index is 1.43.